The predicted molar refractivity (Wildman–Crippen MR) is 129 cm³/mol. The molecular formula is C26H31N3O2S. The molecule has 0 bridgehead atoms. The van der Waals surface area contributed by atoms with Gasteiger partial charge in [0.2, 0.25) is 11.8 Å². The number of likely N-dealkylation sites (tertiary alicyclic amines) is 1. The number of carbonyl (C=O) groups excluding carboxylic acids is 2. The van der Waals surface area contributed by atoms with E-state index in [9.17, 15) is 9.59 Å². The zero-order valence-electron chi connectivity index (χ0n) is 18.7. The molecule has 2 aliphatic heterocycles. The van der Waals surface area contributed by atoms with Crippen LogP contribution in [0.5, 0.6) is 0 Å². The summed E-state index contributed by atoms with van der Waals surface area (Å²) >= 11 is 1.65. The number of anilines is 1. The summed E-state index contributed by atoms with van der Waals surface area (Å²) in [6, 6.07) is 14.6. The maximum Gasteiger partial charge on any atom is 0.226 e. The van der Waals surface area contributed by atoms with E-state index in [2.05, 4.69) is 51.5 Å². The van der Waals surface area contributed by atoms with Crippen LogP contribution in [0.2, 0.25) is 0 Å². The largest absolute Gasteiger partial charge is 0.338 e. The number of nitrogens with zero attached hydrogens (tertiary/aromatic N) is 2. The minimum Gasteiger partial charge on any atom is -0.338 e. The summed E-state index contributed by atoms with van der Waals surface area (Å²) in [7, 11) is 0. The van der Waals surface area contributed by atoms with Crippen LogP contribution in [0.3, 0.4) is 0 Å². The zero-order valence-corrected chi connectivity index (χ0v) is 19.5. The van der Waals surface area contributed by atoms with Gasteiger partial charge in [-0.15, -0.1) is 11.3 Å². The van der Waals surface area contributed by atoms with E-state index >= 15 is 0 Å². The molecule has 1 saturated carbocycles. The van der Waals surface area contributed by atoms with Gasteiger partial charge in [-0.25, -0.2) is 0 Å². The molecule has 3 aliphatic rings. The maximum atomic E-state index is 13.2. The van der Waals surface area contributed by atoms with Crippen LogP contribution in [-0.4, -0.2) is 47.8 Å². The highest BCUT2D eigenvalue weighted by molar-refractivity contribution is 7.16. The van der Waals surface area contributed by atoms with Crippen LogP contribution in [0, 0.1) is 11.3 Å². The molecule has 3 heterocycles. The van der Waals surface area contributed by atoms with Crippen molar-refractivity contribution in [1.29, 1.82) is 0 Å². The van der Waals surface area contributed by atoms with Gasteiger partial charge in [0.05, 0.1) is 5.00 Å². The van der Waals surface area contributed by atoms with Gasteiger partial charge in [-0.1, -0.05) is 36.4 Å². The minimum absolute atomic E-state index is 0.0248. The second kappa shape index (κ2) is 8.83. The third-order valence-corrected chi connectivity index (χ3v) is 8.33. The molecule has 32 heavy (non-hydrogen) atoms. The van der Waals surface area contributed by atoms with Gasteiger partial charge >= 0.3 is 0 Å². The Morgan fingerprint density at radius 1 is 1.09 bits per heavy atom. The fourth-order valence-electron chi connectivity index (χ4n) is 5.33. The molecule has 0 radical (unpaired) electrons. The van der Waals surface area contributed by atoms with Gasteiger partial charge in [0.15, 0.2) is 0 Å². The van der Waals surface area contributed by atoms with Crippen LogP contribution in [-0.2, 0) is 16.1 Å². The SMILES string of the molecule is CC(=O)Nc1ccc(CN2CCC3(CC2)CC3C(=O)N2CC=C(c3ccccc3)CC2)s1. The topological polar surface area (TPSA) is 52.7 Å². The van der Waals surface area contributed by atoms with E-state index in [0.717, 1.165) is 63.4 Å². The number of hydrogen-bond donors (Lipinski definition) is 1. The number of thiophene rings is 1. The van der Waals surface area contributed by atoms with Crippen molar-refractivity contribution in [1.82, 2.24) is 9.80 Å². The van der Waals surface area contributed by atoms with E-state index in [1.165, 1.54) is 16.0 Å². The third kappa shape index (κ3) is 4.52. The molecule has 1 aliphatic carbocycles. The van der Waals surface area contributed by atoms with Crippen molar-refractivity contribution in [3.05, 3.63) is 59.0 Å². The molecule has 168 valence electrons. The molecule has 1 unspecified atom stereocenters. The summed E-state index contributed by atoms with van der Waals surface area (Å²) in [5.74, 6) is 0.577. The average Bonchev–Trinajstić information content (AvgIpc) is 3.34. The Morgan fingerprint density at radius 3 is 2.56 bits per heavy atom. The van der Waals surface area contributed by atoms with Crippen molar-refractivity contribution < 1.29 is 9.59 Å². The van der Waals surface area contributed by atoms with Crippen LogP contribution >= 0.6 is 11.3 Å². The molecule has 2 amide bonds. The van der Waals surface area contributed by atoms with Gasteiger partial charge in [-0.2, -0.15) is 0 Å². The van der Waals surface area contributed by atoms with Gasteiger partial charge in [-0.3, -0.25) is 14.5 Å². The number of nitrogens with one attached hydrogen (secondary N) is 1. The molecule has 1 saturated heterocycles. The summed E-state index contributed by atoms with van der Waals surface area (Å²) < 4.78 is 0. The lowest BCUT2D eigenvalue weighted by Gasteiger charge is -2.33. The van der Waals surface area contributed by atoms with Crippen molar-refractivity contribution in [2.24, 2.45) is 11.3 Å². The van der Waals surface area contributed by atoms with Gasteiger partial charge in [-0.05, 0) is 67.5 Å². The number of benzene rings is 1. The lowest BCUT2D eigenvalue weighted by Crippen LogP contribution is -2.39. The Balaban J connectivity index is 1.11. The smallest absolute Gasteiger partial charge is 0.226 e. The molecule has 2 fully saturated rings. The molecule has 1 spiro atoms. The maximum absolute atomic E-state index is 13.2. The lowest BCUT2D eigenvalue weighted by molar-refractivity contribution is -0.133. The van der Waals surface area contributed by atoms with Gasteiger partial charge in [0.25, 0.3) is 0 Å². The first kappa shape index (κ1) is 21.4. The van der Waals surface area contributed by atoms with Gasteiger partial charge in [0.1, 0.15) is 0 Å². The van der Waals surface area contributed by atoms with E-state index in [0.29, 0.717) is 5.91 Å². The normalized spacial score (nSPS) is 22.5. The minimum atomic E-state index is -0.0248. The summed E-state index contributed by atoms with van der Waals surface area (Å²) in [6.07, 6.45) is 6.49. The molecule has 5 nitrogen and oxygen atoms in total. The molecule has 1 aromatic carbocycles. The lowest BCUT2D eigenvalue weighted by atomic mass is 9.90. The van der Waals surface area contributed by atoms with Crippen molar-refractivity contribution in [2.45, 2.75) is 39.2 Å². The monoisotopic (exact) mass is 449 g/mol. The van der Waals surface area contributed by atoms with E-state index < -0.39 is 0 Å². The van der Waals surface area contributed by atoms with Crippen molar-refractivity contribution in [3.63, 3.8) is 0 Å². The number of piperidine rings is 1. The van der Waals surface area contributed by atoms with Gasteiger partial charge in [0, 0.05) is 37.4 Å². The number of hydrogen-bond acceptors (Lipinski definition) is 4. The first-order chi connectivity index (χ1) is 15.5. The molecule has 2 aromatic rings. The van der Waals surface area contributed by atoms with Crippen LogP contribution in [0.1, 0.15) is 43.0 Å². The third-order valence-electron chi connectivity index (χ3n) is 7.35. The number of amides is 2. The Bertz CT molecular complexity index is 1020. The second-order valence-corrected chi connectivity index (χ2v) is 10.6. The van der Waals surface area contributed by atoms with Crippen LogP contribution in [0.25, 0.3) is 5.57 Å². The molecule has 1 N–H and O–H groups in total. The second-order valence-electron chi connectivity index (χ2n) is 9.47. The quantitative estimate of drug-likeness (QED) is 0.724. The summed E-state index contributed by atoms with van der Waals surface area (Å²) in [5.41, 5.74) is 2.89. The Kier molecular flexibility index (Phi) is 5.91. The van der Waals surface area contributed by atoms with Crippen molar-refractivity contribution >= 4 is 33.7 Å². The summed E-state index contributed by atoms with van der Waals surface area (Å²) in [6.45, 7) is 6.16. The first-order valence-electron chi connectivity index (χ1n) is 11.6. The number of carbonyl (C=O) groups is 2. The molecule has 1 atom stereocenters. The zero-order chi connectivity index (χ0) is 22.1. The highest BCUT2D eigenvalue weighted by atomic mass is 32.1. The fraction of sp³-hybridized carbons (Fsp3) is 0.462. The summed E-state index contributed by atoms with van der Waals surface area (Å²) in [5, 5.41) is 3.78. The first-order valence-corrected chi connectivity index (χ1v) is 12.5. The van der Waals surface area contributed by atoms with Crippen LogP contribution in [0.15, 0.2) is 48.5 Å². The van der Waals surface area contributed by atoms with Crippen molar-refractivity contribution in [2.75, 3.05) is 31.5 Å². The molecule has 6 heteroatoms. The Morgan fingerprint density at radius 2 is 1.88 bits per heavy atom. The average molecular weight is 450 g/mol. The van der Waals surface area contributed by atoms with Gasteiger partial charge < -0.3 is 10.2 Å². The number of rotatable bonds is 5. The van der Waals surface area contributed by atoms with E-state index in [-0.39, 0.29) is 17.2 Å². The van der Waals surface area contributed by atoms with Crippen LogP contribution in [0.4, 0.5) is 5.00 Å². The van der Waals surface area contributed by atoms with Crippen molar-refractivity contribution in [3.8, 4) is 0 Å². The van der Waals surface area contributed by atoms with Crippen LogP contribution < -0.4 is 5.32 Å². The van der Waals surface area contributed by atoms with E-state index in [1.54, 1.807) is 18.3 Å². The van der Waals surface area contributed by atoms with E-state index in [4.69, 9.17) is 0 Å². The standard InChI is InChI=1S/C26H31N3O2S/c1-19(30)27-24-8-7-22(32-24)18-28-15-11-26(12-16-28)17-23(26)25(31)29-13-9-21(10-14-29)20-5-3-2-4-6-20/h2-9,23H,10-18H2,1H3,(H,27,30). The molecule has 5 rings (SSSR count). The molecular weight excluding hydrogens is 418 g/mol. The van der Waals surface area contributed by atoms with E-state index in [1.807, 2.05) is 12.1 Å². The Labute approximate surface area is 194 Å². The molecule has 1 aromatic heterocycles. The fourth-order valence-corrected chi connectivity index (χ4v) is 6.33. The summed E-state index contributed by atoms with van der Waals surface area (Å²) in [4.78, 5) is 30.3. The highest BCUT2D eigenvalue weighted by Crippen LogP contribution is 2.60. The Hall–Kier alpha value is -2.44. The predicted octanol–water partition coefficient (Wildman–Crippen LogP) is 4.62. The highest BCUT2D eigenvalue weighted by Gasteiger charge is 2.59.